The third-order valence-corrected chi connectivity index (χ3v) is 2.73. The number of imide groups is 2. The lowest BCUT2D eigenvalue weighted by Gasteiger charge is -2.13. The molecular formula is C13H8N2O4. The van der Waals surface area contributed by atoms with Gasteiger partial charge in [0.2, 0.25) is 0 Å². The third kappa shape index (κ3) is 1.99. The Balaban J connectivity index is 2.01. The lowest BCUT2D eigenvalue weighted by Crippen LogP contribution is -2.51. The molecule has 6 heteroatoms. The van der Waals surface area contributed by atoms with Gasteiger partial charge >= 0.3 is 6.03 Å². The Hall–Kier alpha value is -2.89. The van der Waals surface area contributed by atoms with Crippen molar-refractivity contribution in [2.24, 2.45) is 0 Å². The number of hydrogen-bond donors (Lipinski definition) is 2. The second kappa shape index (κ2) is 4.09. The van der Waals surface area contributed by atoms with Crippen molar-refractivity contribution >= 4 is 34.9 Å². The van der Waals surface area contributed by atoms with Crippen LogP contribution in [-0.2, 0) is 9.59 Å². The Morgan fingerprint density at radius 2 is 1.74 bits per heavy atom. The molecule has 0 spiro atoms. The van der Waals surface area contributed by atoms with Crippen molar-refractivity contribution in [1.29, 1.82) is 0 Å². The average molecular weight is 256 g/mol. The molecule has 1 aromatic carbocycles. The molecule has 0 atom stereocenters. The summed E-state index contributed by atoms with van der Waals surface area (Å²) in [5.41, 5.74) is 1.28. The van der Waals surface area contributed by atoms with Crippen LogP contribution in [0.25, 0.3) is 17.0 Å². The number of urea groups is 1. The van der Waals surface area contributed by atoms with E-state index >= 15 is 0 Å². The van der Waals surface area contributed by atoms with Gasteiger partial charge in [-0.05, 0) is 29.8 Å². The zero-order valence-corrected chi connectivity index (χ0v) is 9.60. The van der Waals surface area contributed by atoms with E-state index in [0.29, 0.717) is 5.56 Å². The first-order valence-corrected chi connectivity index (χ1v) is 5.49. The number of amides is 4. The van der Waals surface area contributed by atoms with E-state index in [0.717, 1.165) is 11.0 Å². The highest BCUT2D eigenvalue weighted by atomic mass is 16.3. The average Bonchev–Trinajstić information content (AvgIpc) is 2.81. The van der Waals surface area contributed by atoms with Crippen LogP contribution >= 0.6 is 0 Å². The molecule has 0 unspecified atom stereocenters. The molecule has 0 bridgehead atoms. The van der Waals surface area contributed by atoms with Gasteiger partial charge in [-0.2, -0.15) is 0 Å². The van der Waals surface area contributed by atoms with Gasteiger partial charge in [0, 0.05) is 5.39 Å². The van der Waals surface area contributed by atoms with Crippen LogP contribution in [0.4, 0.5) is 4.79 Å². The molecule has 2 aromatic rings. The lowest BCUT2D eigenvalue weighted by atomic mass is 10.1. The molecule has 0 aliphatic carbocycles. The Labute approximate surface area is 107 Å². The number of rotatable bonds is 1. The summed E-state index contributed by atoms with van der Waals surface area (Å²) in [7, 11) is 0. The zero-order valence-electron chi connectivity index (χ0n) is 9.60. The second-order valence-electron chi connectivity index (χ2n) is 4.01. The standard InChI is InChI=1S/C13H8N2O4/c16-11-9(12(17)15-13(18)14-11)6-7-1-2-10-8(5-7)3-4-19-10/h1-6H,(H2,14,15,16,17,18). The molecule has 4 amide bonds. The predicted octanol–water partition coefficient (Wildman–Crippen LogP) is 1.18. The quantitative estimate of drug-likeness (QED) is 0.592. The van der Waals surface area contributed by atoms with Crippen molar-refractivity contribution in [3.63, 3.8) is 0 Å². The van der Waals surface area contributed by atoms with E-state index < -0.39 is 17.8 Å². The summed E-state index contributed by atoms with van der Waals surface area (Å²) in [4.78, 5) is 34.0. The van der Waals surface area contributed by atoms with Crippen molar-refractivity contribution in [3.8, 4) is 0 Å². The summed E-state index contributed by atoms with van der Waals surface area (Å²) in [6.45, 7) is 0. The van der Waals surface area contributed by atoms with Crippen LogP contribution in [0.15, 0.2) is 40.5 Å². The van der Waals surface area contributed by atoms with Crippen molar-refractivity contribution in [2.75, 3.05) is 0 Å². The normalized spacial score (nSPS) is 15.4. The van der Waals surface area contributed by atoms with Crippen LogP contribution in [0.2, 0.25) is 0 Å². The molecule has 0 saturated carbocycles. The molecule has 0 radical (unpaired) electrons. The fraction of sp³-hybridized carbons (Fsp3) is 0. The molecule has 2 N–H and O–H groups in total. The Morgan fingerprint density at radius 1 is 1.00 bits per heavy atom. The second-order valence-corrected chi connectivity index (χ2v) is 4.01. The first kappa shape index (κ1) is 11.2. The summed E-state index contributed by atoms with van der Waals surface area (Å²) in [6.07, 6.45) is 2.98. The van der Waals surface area contributed by atoms with Crippen LogP contribution in [0.3, 0.4) is 0 Å². The minimum atomic E-state index is -0.808. The van der Waals surface area contributed by atoms with Crippen LogP contribution in [0.5, 0.6) is 0 Å². The number of benzene rings is 1. The molecular weight excluding hydrogens is 248 g/mol. The minimum absolute atomic E-state index is 0.109. The summed E-state index contributed by atoms with van der Waals surface area (Å²) >= 11 is 0. The maximum Gasteiger partial charge on any atom is 0.328 e. The molecule has 19 heavy (non-hydrogen) atoms. The van der Waals surface area contributed by atoms with Gasteiger partial charge in [0.05, 0.1) is 6.26 Å². The predicted molar refractivity (Wildman–Crippen MR) is 65.9 cm³/mol. The topological polar surface area (TPSA) is 88.4 Å². The van der Waals surface area contributed by atoms with Gasteiger partial charge < -0.3 is 4.42 Å². The van der Waals surface area contributed by atoms with Crippen molar-refractivity contribution < 1.29 is 18.8 Å². The smallest absolute Gasteiger partial charge is 0.328 e. The largest absolute Gasteiger partial charge is 0.464 e. The van der Waals surface area contributed by atoms with Gasteiger partial charge in [-0.15, -0.1) is 0 Å². The molecule has 1 fully saturated rings. The van der Waals surface area contributed by atoms with Crippen molar-refractivity contribution in [2.45, 2.75) is 0 Å². The Morgan fingerprint density at radius 3 is 2.47 bits per heavy atom. The molecule has 1 saturated heterocycles. The number of carbonyl (C=O) groups excluding carboxylic acids is 3. The third-order valence-electron chi connectivity index (χ3n) is 2.73. The summed E-state index contributed by atoms with van der Waals surface area (Å²) in [5.74, 6) is -1.41. The molecule has 3 rings (SSSR count). The number of barbiturate groups is 1. The van der Waals surface area contributed by atoms with Gasteiger partial charge in [0.1, 0.15) is 11.2 Å². The SMILES string of the molecule is O=C1NC(=O)C(=Cc2ccc3occc3c2)C(=O)N1. The highest BCUT2D eigenvalue weighted by molar-refractivity contribution is 6.31. The van der Waals surface area contributed by atoms with Gasteiger partial charge in [0.25, 0.3) is 11.8 Å². The van der Waals surface area contributed by atoms with Gasteiger partial charge in [0.15, 0.2) is 0 Å². The molecule has 1 aliphatic rings. The van der Waals surface area contributed by atoms with Gasteiger partial charge in [-0.1, -0.05) is 6.07 Å². The summed E-state index contributed by atoms with van der Waals surface area (Å²) in [5, 5.41) is 4.89. The molecule has 6 nitrogen and oxygen atoms in total. The van der Waals surface area contributed by atoms with Crippen LogP contribution < -0.4 is 10.6 Å². The summed E-state index contributed by atoms with van der Waals surface area (Å²) < 4.78 is 5.20. The maximum absolute atomic E-state index is 11.6. The van der Waals surface area contributed by atoms with E-state index in [2.05, 4.69) is 0 Å². The Kier molecular flexibility index (Phi) is 2.42. The fourth-order valence-corrected chi connectivity index (χ4v) is 1.85. The maximum atomic E-state index is 11.6. The van der Waals surface area contributed by atoms with E-state index in [1.807, 2.05) is 10.6 Å². The monoisotopic (exact) mass is 256 g/mol. The molecule has 1 aliphatic heterocycles. The van der Waals surface area contributed by atoms with E-state index in [1.54, 1.807) is 30.5 Å². The molecule has 2 heterocycles. The molecule has 94 valence electrons. The van der Waals surface area contributed by atoms with E-state index in [9.17, 15) is 14.4 Å². The highest BCUT2D eigenvalue weighted by Gasteiger charge is 2.27. The first-order chi connectivity index (χ1) is 9.13. The van der Waals surface area contributed by atoms with Crippen molar-refractivity contribution in [3.05, 3.63) is 41.7 Å². The Bertz CT molecular complexity index is 720. The zero-order chi connectivity index (χ0) is 13.4. The number of furan rings is 1. The van der Waals surface area contributed by atoms with Crippen molar-refractivity contribution in [1.82, 2.24) is 10.6 Å². The first-order valence-electron chi connectivity index (χ1n) is 5.49. The number of nitrogens with one attached hydrogen (secondary N) is 2. The van der Waals surface area contributed by atoms with Crippen LogP contribution in [0, 0.1) is 0 Å². The minimum Gasteiger partial charge on any atom is -0.464 e. The van der Waals surface area contributed by atoms with Crippen LogP contribution in [0.1, 0.15) is 5.56 Å². The van der Waals surface area contributed by atoms with Crippen LogP contribution in [-0.4, -0.2) is 17.8 Å². The number of fused-ring (bicyclic) bond motifs is 1. The number of carbonyl (C=O) groups is 3. The van der Waals surface area contributed by atoms with E-state index in [4.69, 9.17) is 4.42 Å². The van der Waals surface area contributed by atoms with Gasteiger partial charge in [-0.3, -0.25) is 20.2 Å². The lowest BCUT2D eigenvalue weighted by molar-refractivity contribution is -0.123. The molecule has 1 aromatic heterocycles. The van der Waals surface area contributed by atoms with Gasteiger partial charge in [-0.25, -0.2) is 4.79 Å². The van der Waals surface area contributed by atoms with E-state index in [1.165, 1.54) is 6.08 Å². The summed E-state index contributed by atoms with van der Waals surface area (Å²) in [6, 6.07) is 6.21. The number of hydrogen-bond acceptors (Lipinski definition) is 4. The highest BCUT2D eigenvalue weighted by Crippen LogP contribution is 2.19. The van der Waals surface area contributed by atoms with E-state index in [-0.39, 0.29) is 5.57 Å². The fourth-order valence-electron chi connectivity index (χ4n) is 1.85.